The highest BCUT2D eigenvalue weighted by Gasteiger charge is 2.27. The van der Waals surface area contributed by atoms with Crippen molar-refractivity contribution in [3.8, 4) is 0 Å². The third-order valence-electron chi connectivity index (χ3n) is 4.27. The number of hydrogen-bond donors (Lipinski definition) is 1. The van der Waals surface area contributed by atoms with Crippen molar-refractivity contribution in [1.82, 2.24) is 19.1 Å². The molecule has 0 spiro atoms. The second-order valence-corrected chi connectivity index (χ2v) is 6.40. The molecule has 1 unspecified atom stereocenters. The smallest absolute Gasteiger partial charge is 0.0954 e. The van der Waals surface area contributed by atoms with E-state index in [0.29, 0.717) is 0 Å². The summed E-state index contributed by atoms with van der Waals surface area (Å²) in [6.45, 7) is 4.77. The molecular weight excluding hydrogens is 300 g/mol. The molecule has 124 valence electrons. The number of benzene rings is 1. The second-order valence-electron chi connectivity index (χ2n) is 6.40. The molecule has 1 N–H and O–H groups in total. The molecule has 5 nitrogen and oxygen atoms in total. The summed E-state index contributed by atoms with van der Waals surface area (Å²) >= 11 is 0. The number of aliphatic hydroxyl groups is 1. The zero-order valence-electron chi connectivity index (χ0n) is 13.9. The zero-order valence-corrected chi connectivity index (χ0v) is 13.9. The van der Waals surface area contributed by atoms with E-state index in [9.17, 15) is 5.11 Å². The molecule has 0 saturated carbocycles. The summed E-state index contributed by atoms with van der Waals surface area (Å²) in [5, 5.41) is 10.5. The van der Waals surface area contributed by atoms with Crippen LogP contribution in [-0.4, -0.2) is 30.3 Å². The second kappa shape index (κ2) is 6.84. The summed E-state index contributed by atoms with van der Waals surface area (Å²) < 4.78 is 3.94. The third kappa shape index (κ3) is 3.63. The number of rotatable bonds is 6. The first kappa shape index (κ1) is 16.2. The lowest BCUT2D eigenvalue weighted by Gasteiger charge is -2.30. The number of imidazole rings is 2. The van der Waals surface area contributed by atoms with Crippen LogP contribution >= 0.6 is 0 Å². The standard InChI is InChI=1S/C19H22N4O/c1-19(2,23-12-10-21-15-23)18(24)8-7-16-3-5-17(6-4-16)13-22-11-9-20-14-22/h3-12,14-15,18,24H,13H2,1-2H3. The van der Waals surface area contributed by atoms with E-state index in [2.05, 4.69) is 34.2 Å². The lowest BCUT2D eigenvalue weighted by atomic mass is 9.96. The molecular formula is C19H22N4O. The van der Waals surface area contributed by atoms with Gasteiger partial charge in [0.05, 0.1) is 24.3 Å². The Morgan fingerprint density at radius 3 is 2.42 bits per heavy atom. The summed E-state index contributed by atoms with van der Waals surface area (Å²) in [4.78, 5) is 8.10. The Morgan fingerprint density at radius 2 is 1.79 bits per heavy atom. The van der Waals surface area contributed by atoms with Gasteiger partial charge < -0.3 is 14.2 Å². The van der Waals surface area contributed by atoms with Crippen LogP contribution < -0.4 is 0 Å². The molecule has 0 fully saturated rings. The van der Waals surface area contributed by atoms with E-state index in [4.69, 9.17) is 0 Å². The van der Waals surface area contributed by atoms with Gasteiger partial charge in [-0.05, 0) is 25.0 Å². The quantitative estimate of drug-likeness (QED) is 0.759. The van der Waals surface area contributed by atoms with Crippen LogP contribution in [0.4, 0.5) is 0 Å². The van der Waals surface area contributed by atoms with Crippen LogP contribution in [0.2, 0.25) is 0 Å². The average molecular weight is 322 g/mol. The molecule has 0 aliphatic rings. The van der Waals surface area contributed by atoms with Gasteiger partial charge in [0.2, 0.25) is 0 Å². The van der Waals surface area contributed by atoms with Crippen molar-refractivity contribution in [2.24, 2.45) is 0 Å². The van der Waals surface area contributed by atoms with Gasteiger partial charge in [-0.25, -0.2) is 9.97 Å². The highest BCUT2D eigenvalue weighted by atomic mass is 16.3. The van der Waals surface area contributed by atoms with E-state index in [1.54, 1.807) is 18.7 Å². The normalized spacial score (nSPS) is 13.5. The molecule has 0 radical (unpaired) electrons. The average Bonchev–Trinajstić information content (AvgIpc) is 3.27. The highest BCUT2D eigenvalue weighted by Crippen LogP contribution is 2.21. The van der Waals surface area contributed by atoms with Gasteiger partial charge in [-0.15, -0.1) is 0 Å². The fourth-order valence-electron chi connectivity index (χ4n) is 2.52. The Hall–Kier alpha value is -2.66. The van der Waals surface area contributed by atoms with Gasteiger partial charge in [-0.2, -0.15) is 0 Å². The first-order chi connectivity index (χ1) is 11.6. The van der Waals surface area contributed by atoms with E-state index in [-0.39, 0.29) is 0 Å². The number of aliphatic hydroxyl groups excluding tert-OH is 1. The van der Waals surface area contributed by atoms with E-state index in [1.807, 2.05) is 53.9 Å². The molecule has 5 heteroatoms. The van der Waals surface area contributed by atoms with Crippen LogP contribution in [0, 0.1) is 0 Å². The van der Waals surface area contributed by atoms with Crippen molar-refractivity contribution in [2.45, 2.75) is 32.0 Å². The maximum atomic E-state index is 10.5. The zero-order chi connectivity index (χ0) is 17.0. The molecule has 2 heterocycles. The van der Waals surface area contributed by atoms with Crippen LogP contribution in [0.15, 0.2) is 67.8 Å². The Morgan fingerprint density at radius 1 is 1.08 bits per heavy atom. The van der Waals surface area contributed by atoms with Gasteiger partial charge in [-0.3, -0.25) is 0 Å². The van der Waals surface area contributed by atoms with E-state index < -0.39 is 11.6 Å². The Bertz CT molecular complexity index is 771. The third-order valence-corrected chi connectivity index (χ3v) is 4.27. The maximum Gasteiger partial charge on any atom is 0.0954 e. The van der Waals surface area contributed by atoms with Crippen molar-refractivity contribution in [2.75, 3.05) is 0 Å². The largest absolute Gasteiger partial charge is 0.387 e. The SMILES string of the molecule is CC(C)(C(O)C=Cc1ccc(Cn2ccnc2)cc1)n1ccnc1. The van der Waals surface area contributed by atoms with Crippen LogP contribution in [0.1, 0.15) is 25.0 Å². The van der Waals surface area contributed by atoms with E-state index >= 15 is 0 Å². The molecule has 0 amide bonds. The van der Waals surface area contributed by atoms with Crippen molar-refractivity contribution < 1.29 is 5.11 Å². The van der Waals surface area contributed by atoms with Gasteiger partial charge >= 0.3 is 0 Å². The minimum atomic E-state index is -0.614. The molecule has 0 aliphatic heterocycles. The molecule has 1 aromatic carbocycles. The van der Waals surface area contributed by atoms with Crippen LogP contribution in [0.5, 0.6) is 0 Å². The van der Waals surface area contributed by atoms with Crippen LogP contribution in [0.25, 0.3) is 6.08 Å². The Balaban J connectivity index is 1.66. The summed E-state index contributed by atoms with van der Waals surface area (Å²) in [6, 6.07) is 8.29. The first-order valence-electron chi connectivity index (χ1n) is 7.95. The van der Waals surface area contributed by atoms with Gasteiger partial charge in [0.1, 0.15) is 0 Å². The molecule has 0 aliphatic carbocycles. The molecule has 3 aromatic rings. The van der Waals surface area contributed by atoms with E-state index in [1.165, 1.54) is 5.56 Å². The number of aromatic nitrogens is 4. The molecule has 3 rings (SSSR count). The lowest BCUT2D eigenvalue weighted by molar-refractivity contribution is 0.0978. The van der Waals surface area contributed by atoms with Crippen molar-refractivity contribution in [3.05, 3.63) is 78.9 Å². The number of nitrogens with zero attached hydrogens (tertiary/aromatic N) is 4. The van der Waals surface area contributed by atoms with Gasteiger partial charge in [0.15, 0.2) is 0 Å². The summed E-state index contributed by atoms with van der Waals surface area (Å²) in [6.07, 6.45) is 14.0. The minimum absolute atomic E-state index is 0.450. The topological polar surface area (TPSA) is 55.9 Å². The lowest BCUT2D eigenvalue weighted by Crippen LogP contribution is -2.37. The monoisotopic (exact) mass is 322 g/mol. The summed E-state index contributed by atoms with van der Waals surface area (Å²) in [7, 11) is 0. The first-order valence-corrected chi connectivity index (χ1v) is 7.95. The van der Waals surface area contributed by atoms with E-state index in [0.717, 1.165) is 12.1 Å². The fraction of sp³-hybridized carbons (Fsp3) is 0.263. The van der Waals surface area contributed by atoms with Gasteiger partial charge in [0.25, 0.3) is 0 Å². The molecule has 1 atom stereocenters. The van der Waals surface area contributed by atoms with Crippen LogP contribution in [-0.2, 0) is 12.1 Å². The molecule has 0 bridgehead atoms. The van der Waals surface area contributed by atoms with Crippen LogP contribution in [0.3, 0.4) is 0 Å². The maximum absolute atomic E-state index is 10.5. The Labute approximate surface area is 141 Å². The number of hydrogen-bond acceptors (Lipinski definition) is 3. The van der Waals surface area contributed by atoms with Gasteiger partial charge in [0, 0.05) is 31.3 Å². The van der Waals surface area contributed by atoms with Crippen molar-refractivity contribution >= 4 is 6.08 Å². The molecule has 0 saturated heterocycles. The highest BCUT2D eigenvalue weighted by molar-refractivity contribution is 5.50. The summed E-state index contributed by atoms with van der Waals surface area (Å²) in [5.74, 6) is 0. The summed E-state index contributed by atoms with van der Waals surface area (Å²) in [5.41, 5.74) is 1.82. The predicted octanol–water partition coefficient (Wildman–Crippen LogP) is 2.94. The van der Waals surface area contributed by atoms with Crippen molar-refractivity contribution in [3.63, 3.8) is 0 Å². The molecule has 2 aromatic heterocycles. The fourth-order valence-corrected chi connectivity index (χ4v) is 2.52. The Kier molecular flexibility index (Phi) is 4.62. The minimum Gasteiger partial charge on any atom is -0.387 e. The van der Waals surface area contributed by atoms with Crippen molar-refractivity contribution in [1.29, 1.82) is 0 Å². The van der Waals surface area contributed by atoms with Gasteiger partial charge in [-0.1, -0.05) is 36.4 Å². The molecule has 24 heavy (non-hydrogen) atoms. The predicted molar refractivity (Wildman–Crippen MR) is 94.4 cm³/mol.